The van der Waals surface area contributed by atoms with Gasteiger partial charge in [0.1, 0.15) is 0 Å². The summed E-state index contributed by atoms with van der Waals surface area (Å²) in [5, 5.41) is 1.73. The first-order chi connectivity index (χ1) is 12.3. The number of aromatic nitrogens is 3. The van der Waals surface area contributed by atoms with Crippen molar-refractivity contribution in [1.29, 1.82) is 0 Å². The molecule has 2 aromatic heterocycles. The Balaban J connectivity index is 0. The van der Waals surface area contributed by atoms with Gasteiger partial charge in [-0.3, -0.25) is 0 Å². The number of para-hydroxylation sites is 1. The lowest BCUT2D eigenvalue weighted by molar-refractivity contribution is 1.17. The third kappa shape index (κ3) is 1.77. The van der Waals surface area contributed by atoms with Crippen LogP contribution in [0, 0.1) is 0 Å². The molecule has 17 heavy (non-hydrogen) atoms. The summed E-state index contributed by atoms with van der Waals surface area (Å²) >= 11 is 11.9. The van der Waals surface area contributed by atoms with Crippen molar-refractivity contribution in [1.82, 2.24) is 15.0 Å². The molecule has 0 aliphatic carbocycles. The minimum absolute atomic E-state index is 0.190. The summed E-state index contributed by atoms with van der Waals surface area (Å²) < 4.78 is 40.0. The Kier molecular flexibility index (Phi) is 1.65. The Hall–Kier alpha value is -1.58. The number of nitrogens with zero attached hydrogens (tertiary/aromatic N) is 2. The Labute approximate surface area is 120 Å². The molecule has 0 bridgehead atoms. The SMILES string of the molecule is Clc1ncc(Cl)c(-c2c[nH]c3ccccc23)n1.[2H][2H].[2H][2H].[2H][2H].[2H][2H]. The van der Waals surface area contributed by atoms with Crippen molar-refractivity contribution in [3.63, 3.8) is 0 Å². The summed E-state index contributed by atoms with van der Waals surface area (Å²) in [5.74, 6) is 0. The highest BCUT2D eigenvalue weighted by Crippen LogP contribution is 2.31. The predicted molar refractivity (Wildman–Crippen MR) is 77.8 cm³/mol. The van der Waals surface area contributed by atoms with Crippen LogP contribution in [-0.4, -0.2) is 15.0 Å². The van der Waals surface area contributed by atoms with E-state index in [-0.39, 0.29) is 5.28 Å². The van der Waals surface area contributed by atoms with E-state index in [0.29, 0.717) is 10.7 Å². The fourth-order valence-corrected chi connectivity index (χ4v) is 2.13. The van der Waals surface area contributed by atoms with E-state index in [1.807, 2.05) is 30.5 Å². The smallest absolute Gasteiger partial charge is 0.222 e. The molecule has 0 aliphatic heterocycles. The van der Waals surface area contributed by atoms with E-state index in [4.69, 9.17) is 35.1 Å². The number of hydrogen-bond acceptors (Lipinski definition) is 2. The number of aromatic amines is 1. The number of benzene rings is 1. The molecule has 0 atom stereocenters. The molecular weight excluding hydrogens is 257 g/mol. The molecule has 0 saturated carbocycles. The number of fused-ring (bicyclic) bond motifs is 1. The predicted octanol–water partition coefficient (Wildman–Crippen LogP) is 4.92. The topological polar surface area (TPSA) is 41.6 Å². The molecule has 3 nitrogen and oxygen atoms in total. The maximum atomic E-state index is 6.09. The molecule has 0 spiro atoms. The quantitative estimate of drug-likeness (QED) is 0.643. The second kappa shape index (κ2) is 4.02. The Bertz CT molecular complexity index is 714. The highest BCUT2D eigenvalue weighted by atomic mass is 35.5. The molecule has 2 heterocycles. The lowest BCUT2D eigenvalue weighted by Crippen LogP contribution is -1.87. The van der Waals surface area contributed by atoms with Crippen LogP contribution < -0.4 is 0 Å². The third-order valence-corrected chi connectivity index (χ3v) is 3.02. The molecule has 0 radical (unpaired) electrons. The fourth-order valence-electron chi connectivity index (χ4n) is 1.80. The summed E-state index contributed by atoms with van der Waals surface area (Å²) in [6.45, 7) is 0. The molecule has 1 N–H and O–H groups in total. The molecule has 0 unspecified atom stereocenters. The minimum atomic E-state index is 0.190. The molecule has 0 fully saturated rings. The van der Waals surface area contributed by atoms with Gasteiger partial charge in [0, 0.05) is 34.5 Å². The second-order valence-corrected chi connectivity index (χ2v) is 4.33. The number of nitrogens with one attached hydrogen (secondary N) is 1. The number of hydrogen-bond donors (Lipinski definition) is 1. The van der Waals surface area contributed by atoms with Gasteiger partial charge in [-0.1, -0.05) is 29.8 Å². The van der Waals surface area contributed by atoms with Gasteiger partial charge in [-0.2, -0.15) is 0 Å². The van der Waals surface area contributed by atoms with E-state index < -0.39 is 0 Å². The summed E-state index contributed by atoms with van der Waals surface area (Å²) in [4.78, 5) is 11.2. The van der Waals surface area contributed by atoms with Crippen molar-refractivity contribution in [2.75, 3.05) is 0 Å². The molecule has 0 saturated heterocycles. The normalized spacial score (nSPS) is 12.8. The molecule has 1 aromatic carbocycles. The summed E-state index contributed by atoms with van der Waals surface area (Å²) in [7, 11) is 0. The zero-order chi connectivity index (χ0) is 19.8. The van der Waals surface area contributed by atoms with Crippen LogP contribution in [0.4, 0.5) is 0 Å². The van der Waals surface area contributed by atoms with Crippen molar-refractivity contribution in [3.8, 4) is 11.3 Å². The van der Waals surface area contributed by atoms with E-state index >= 15 is 0 Å². The monoisotopic (exact) mass is 279 g/mol. The van der Waals surface area contributed by atoms with Crippen LogP contribution in [0.15, 0.2) is 36.7 Å². The Morgan fingerprint density at radius 3 is 2.94 bits per heavy atom. The van der Waals surface area contributed by atoms with Gasteiger partial charge in [0.05, 0.1) is 16.9 Å². The van der Waals surface area contributed by atoms with Gasteiger partial charge in [-0.05, 0) is 17.7 Å². The zero-order valence-corrected chi connectivity index (χ0v) is 10.1. The van der Waals surface area contributed by atoms with Crippen LogP contribution >= 0.6 is 23.2 Å². The zero-order valence-electron chi connectivity index (χ0n) is 16.6. The van der Waals surface area contributed by atoms with Gasteiger partial charge >= 0.3 is 0 Å². The van der Waals surface area contributed by atoms with E-state index in [0.717, 1.165) is 16.5 Å². The van der Waals surface area contributed by atoms with Crippen molar-refractivity contribution in [2.24, 2.45) is 0 Å². The van der Waals surface area contributed by atoms with Gasteiger partial charge in [0.25, 0.3) is 0 Å². The van der Waals surface area contributed by atoms with Crippen LogP contribution in [0.2, 0.25) is 10.3 Å². The first-order valence-corrected chi connectivity index (χ1v) is 5.76. The number of rotatable bonds is 1. The van der Waals surface area contributed by atoms with Crippen molar-refractivity contribution in [2.45, 2.75) is 0 Å². The standard InChI is InChI=1S/C12H7Cl2N3.4H2/c13-9-6-16-12(14)17-11(9)8-5-15-10-4-2-1-3-7(8)10;;;;/h1-6,15H;4*1H/i;4*1+1D. The molecule has 0 aliphatic rings. The molecule has 3 rings (SSSR count). The Morgan fingerprint density at radius 2 is 2.06 bits per heavy atom. The molecule has 92 valence electrons. The van der Waals surface area contributed by atoms with E-state index in [1.165, 1.54) is 6.20 Å². The van der Waals surface area contributed by atoms with Crippen molar-refractivity contribution < 1.29 is 11.9 Å². The van der Waals surface area contributed by atoms with Crippen LogP contribution in [0.1, 0.15) is 11.9 Å². The van der Waals surface area contributed by atoms with Gasteiger partial charge < -0.3 is 4.98 Å². The average Bonchev–Trinajstić information content (AvgIpc) is 3.14. The van der Waals surface area contributed by atoms with Gasteiger partial charge in [0.2, 0.25) is 5.28 Å². The van der Waals surface area contributed by atoms with Crippen molar-refractivity contribution >= 4 is 34.1 Å². The summed E-state index contributed by atoms with van der Waals surface area (Å²) in [5.41, 5.74) is 2.60. The molecule has 3 aromatic rings. The van der Waals surface area contributed by atoms with Crippen molar-refractivity contribution in [3.05, 3.63) is 47.0 Å². The van der Waals surface area contributed by atoms with Crippen LogP contribution in [0.5, 0.6) is 0 Å². The third-order valence-electron chi connectivity index (χ3n) is 2.56. The number of halogens is 2. The lowest BCUT2D eigenvalue weighted by Gasteiger charge is -2.01. The van der Waals surface area contributed by atoms with E-state index in [2.05, 4.69) is 15.0 Å². The van der Waals surface area contributed by atoms with E-state index in [1.54, 1.807) is 0 Å². The maximum absolute atomic E-state index is 6.09. The van der Waals surface area contributed by atoms with Crippen LogP contribution in [-0.2, 0) is 0 Å². The van der Waals surface area contributed by atoms with Gasteiger partial charge in [-0.15, -0.1) is 0 Å². The van der Waals surface area contributed by atoms with Crippen LogP contribution in [0.3, 0.4) is 0 Å². The number of H-pyrrole nitrogens is 1. The highest BCUT2D eigenvalue weighted by Gasteiger charge is 2.11. The molecule has 5 heteroatoms. The Morgan fingerprint density at radius 1 is 1.24 bits per heavy atom. The fraction of sp³-hybridized carbons (Fsp3) is 0. The van der Waals surface area contributed by atoms with Gasteiger partial charge in [0.15, 0.2) is 0 Å². The second-order valence-electron chi connectivity index (χ2n) is 3.58. The van der Waals surface area contributed by atoms with Crippen LogP contribution in [0.25, 0.3) is 22.2 Å². The lowest BCUT2D eigenvalue weighted by atomic mass is 10.1. The first-order valence-electron chi connectivity index (χ1n) is 9.00. The summed E-state index contributed by atoms with van der Waals surface area (Å²) in [6, 6.07) is 7.94. The highest BCUT2D eigenvalue weighted by molar-refractivity contribution is 6.34. The largest absolute Gasteiger partial charge is 0.360 e. The summed E-state index contributed by atoms with van der Waals surface area (Å²) in [6.07, 6.45) is 3.38. The minimum Gasteiger partial charge on any atom is -0.360 e. The first kappa shape index (κ1) is 6.99. The molecule has 0 amide bonds. The molecular formula is C12H15Cl2N3. The van der Waals surface area contributed by atoms with E-state index in [9.17, 15) is 0 Å². The average molecular weight is 280 g/mol. The maximum Gasteiger partial charge on any atom is 0.222 e. The van der Waals surface area contributed by atoms with Gasteiger partial charge in [-0.25, -0.2) is 9.97 Å².